The molecule has 2 aromatic rings. The number of amides is 2. The van der Waals surface area contributed by atoms with Gasteiger partial charge in [-0.2, -0.15) is 0 Å². The van der Waals surface area contributed by atoms with Gasteiger partial charge < -0.3 is 5.73 Å². The second kappa shape index (κ2) is 4.69. The van der Waals surface area contributed by atoms with Gasteiger partial charge in [-0.15, -0.1) is 0 Å². The standard InChI is InChI=1S/C14H14N4O3/c1-7-16-9-4-2-3-8(15)12(9)14(21)18(7)10-5-6-11(19)17-13(10)20/h2-4,10H,5-6,15H2,1H3,(H,17,19,20)/t10-/m1/s1. The third kappa shape index (κ3) is 2.06. The Kier molecular flexibility index (Phi) is 2.97. The summed E-state index contributed by atoms with van der Waals surface area (Å²) >= 11 is 0. The smallest absolute Gasteiger partial charge is 0.264 e. The first-order chi connectivity index (χ1) is 9.99. The van der Waals surface area contributed by atoms with Gasteiger partial charge in [0.2, 0.25) is 11.8 Å². The summed E-state index contributed by atoms with van der Waals surface area (Å²) in [4.78, 5) is 40.2. The molecule has 1 saturated heterocycles. The van der Waals surface area contributed by atoms with Crippen molar-refractivity contribution in [1.29, 1.82) is 0 Å². The number of carbonyl (C=O) groups is 2. The lowest BCUT2D eigenvalue weighted by molar-refractivity contribution is -0.135. The summed E-state index contributed by atoms with van der Waals surface area (Å²) < 4.78 is 1.32. The largest absolute Gasteiger partial charge is 0.398 e. The number of imide groups is 1. The molecule has 21 heavy (non-hydrogen) atoms. The highest BCUT2D eigenvalue weighted by Crippen LogP contribution is 2.21. The summed E-state index contributed by atoms with van der Waals surface area (Å²) in [6.07, 6.45) is 0.482. The van der Waals surface area contributed by atoms with Gasteiger partial charge in [0.25, 0.3) is 5.56 Å². The minimum absolute atomic E-state index is 0.199. The van der Waals surface area contributed by atoms with Crippen molar-refractivity contribution < 1.29 is 9.59 Å². The van der Waals surface area contributed by atoms with E-state index in [2.05, 4.69) is 10.3 Å². The van der Waals surface area contributed by atoms with Crippen molar-refractivity contribution in [1.82, 2.24) is 14.9 Å². The molecule has 0 spiro atoms. The number of nitrogens with two attached hydrogens (primary N) is 1. The lowest BCUT2D eigenvalue weighted by Gasteiger charge is -2.24. The van der Waals surface area contributed by atoms with E-state index in [0.29, 0.717) is 22.4 Å². The van der Waals surface area contributed by atoms with Crippen LogP contribution in [0.5, 0.6) is 0 Å². The molecule has 0 unspecified atom stereocenters. The number of aromatic nitrogens is 2. The van der Waals surface area contributed by atoms with Crippen LogP contribution in [-0.2, 0) is 9.59 Å². The van der Waals surface area contributed by atoms with Crippen LogP contribution in [0.4, 0.5) is 5.69 Å². The summed E-state index contributed by atoms with van der Waals surface area (Å²) in [5.74, 6) is -0.380. The Balaban J connectivity index is 2.24. The number of piperidine rings is 1. The van der Waals surface area contributed by atoms with E-state index in [0.717, 1.165) is 0 Å². The minimum atomic E-state index is -0.730. The number of nitrogens with zero attached hydrogens (tertiary/aromatic N) is 2. The van der Waals surface area contributed by atoms with Gasteiger partial charge in [0, 0.05) is 12.1 Å². The van der Waals surface area contributed by atoms with Crippen molar-refractivity contribution in [2.24, 2.45) is 0 Å². The monoisotopic (exact) mass is 286 g/mol. The van der Waals surface area contributed by atoms with Crippen LogP contribution in [-0.4, -0.2) is 21.4 Å². The van der Waals surface area contributed by atoms with Crippen LogP contribution in [0.2, 0.25) is 0 Å². The van der Waals surface area contributed by atoms with Gasteiger partial charge in [0.15, 0.2) is 0 Å². The fourth-order valence-electron chi connectivity index (χ4n) is 2.67. The fraction of sp³-hybridized carbons (Fsp3) is 0.286. The summed E-state index contributed by atoms with van der Waals surface area (Å²) in [5, 5.41) is 2.55. The van der Waals surface area contributed by atoms with Gasteiger partial charge in [-0.3, -0.25) is 24.3 Å². The first kappa shape index (κ1) is 13.3. The normalized spacial score (nSPS) is 18.8. The zero-order valence-electron chi connectivity index (χ0n) is 11.4. The number of hydrogen-bond donors (Lipinski definition) is 2. The van der Waals surface area contributed by atoms with Crippen LogP contribution in [0, 0.1) is 6.92 Å². The number of anilines is 1. The van der Waals surface area contributed by atoms with Gasteiger partial charge in [0.1, 0.15) is 11.9 Å². The highest BCUT2D eigenvalue weighted by atomic mass is 16.2. The van der Waals surface area contributed by atoms with E-state index in [9.17, 15) is 14.4 Å². The van der Waals surface area contributed by atoms with Crippen LogP contribution in [0.25, 0.3) is 10.9 Å². The van der Waals surface area contributed by atoms with Gasteiger partial charge in [-0.1, -0.05) is 6.07 Å². The molecule has 1 aliphatic heterocycles. The predicted octanol–water partition coefficient (Wildman–Crippen LogP) is 0.265. The number of benzene rings is 1. The zero-order valence-corrected chi connectivity index (χ0v) is 11.4. The topological polar surface area (TPSA) is 107 Å². The van der Waals surface area contributed by atoms with E-state index in [1.165, 1.54) is 4.57 Å². The van der Waals surface area contributed by atoms with Crippen LogP contribution >= 0.6 is 0 Å². The van der Waals surface area contributed by atoms with Crippen LogP contribution in [0.15, 0.2) is 23.0 Å². The van der Waals surface area contributed by atoms with Crippen molar-refractivity contribution >= 4 is 28.4 Å². The first-order valence-corrected chi connectivity index (χ1v) is 6.60. The third-order valence-corrected chi connectivity index (χ3v) is 3.66. The number of carbonyl (C=O) groups excluding carboxylic acids is 2. The van der Waals surface area contributed by atoms with Crippen molar-refractivity contribution in [3.8, 4) is 0 Å². The van der Waals surface area contributed by atoms with Crippen molar-refractivity contribution in [3.63, 3.8) is 0 Å². The number of aryl methyl sites for hydroxylation is 1. The number of rotatable bonds is 1. The maximum Gasteiger partial charge on any atom is 0.264 e. The van der Waals surface area contributed by atoms with E-state index in [-0.39, 0.29) is 24.3 Å². The average Bonchev–Trinajstić information content (AvgIpc) is 2.40. The molecule has 7 heteroatoms. The predicted molar refractivity (Wildman–Crippen MR) is 76.6 cm³/mol. The average molecular weight is 286 g/mol. The lowest BCUT2D eigenvalue weighted by atomic mass is 10.1. The molecule has 0 saturated carbocycles. The second-order valence-electron chi connectivity index (χ2n) is 5.04. The van der Waals surface area contributed by atoms with E-state index in [1.54, 1.807) is 25.1 Å². The number of nitrogen functional groups attached to an aromatic ring is 1. The Labute approximate surface area is 119 Å². The summed E-state index contributed by atoms with van der Waals surface area (Å²) in [6, 6.07) is 4.32. The number of hydrogen-bond acceptors (Lipinski definition) is 5. The quantitative estimate of drug-likeness (QED) is 0.578. The van der Waals surface area contributed by atoms with Gasteiger partial charge >= 0.3 is 0 Å². The van der Waals surface area contributed by atoms with Crippen molar-refractivity contribution in [3.05, 3.63) is 34.4 Å². The Morgan fingerprint density at radius 3 is 2.81 bits per heavy atom. The molecule has 1 aromatic carbocycles. The summed E-state index contributed by atoms with van der Waals surface area (Å²) in [5.41, 5.74) is 6.32. The van der Waals surface area contributed by atoms with Gasteiger partial charge in [-0.25, -0.2) is 4.98 Å². The molecule has 2 heterocycles. The second-order valence-corrected chi connectivity index (χ2v) is 5.04. The molecule has 1 atom stereocenters. The highest BCUT2D eigenvalue weighted by Gasteiger charge is 2.30. The Morgan fingerprint density at radius 1 is 1.33 bits per heavy atom. The molecule has 0 bridgehead atoms. The molecule has 108 valence electrons. The number of fused-ring (bicyclic) bond motifs is 1. The van der Waals surface area contributed by atoms with Crippen LogP contribution < -0.4 is 16.6 Å². The Morgan fingerprint density at radius 2 is 2.10 bits per heavy atom. The van der Waals surface area contributed by atoms with E-state index >= 15 is 0 Å². The van der Waals surface area contributed by atoms with Gasteiger partial charge in [0.05, 0.1) is 10.9 Å². The van der Waals surface area contributed by atoms with Crippen molar-refractivity contribution in [2.75, 3.05) is 5.73 Å². The Hall–Kier alpha value is -2.70. The molecule has 0 aliphatic carbocycles. The maximum absolute atomic E-state index is 12.7. The molecular formula is C14H14N4O3. The van der Waals surface area contributed by atoms with Gasteiger partial charge in [-0.05, 0) is 25.5 Å². The molecule has 1 fully saturated rings. The zero-order chi connectivity index (χ0) is 15.1. The third-order valence-electron chi connectivity index (χ3n) is 3.66. The maximum atomic E-state index is 12.7. The fourth-order valence-corrected chi connectivity index (χ4v) is 2.67. The van der Waals surface area contributed by atoms with E-state index in [1.807, 2.05) is 0 Å². The summed E-state index contributed by atoms with van der Waals surface area (Å²) in [7, 11) is 0. The van der Waals surface area contributed by atoms with E-state index < -0.39 is 11.9 Å². The number of nitrogens with one attached hydrogen (secondary N) is 1. The minimum Gasteiger partial charge on any atom is -0.398 e. The van der Waals surface area contributed by atoms with Crippen molar-refractivity contribution in [2.45, 2.75) is 25.8 Å². The van der Waals surface area contributed by atoms with E-state index in [4.69, 9.17) is 5.73 Å². The summed E-state index contributed by atoms with van der Waals surface area (Å²) in [6.45, 7) is 1.66. The Bertz CT molecular complexity index is 825. The highest BCUT2D eigenvalue weighted by molar-refractivity contribution is 5.99. The molecule has 2 amide bonds. The molecule has 7 nitrogen and oxygen atoms in total. The molecule has 1 aromatic heterocycles. The first-order valence-electron chi connectivity index (χ1n) is 6.60. The SMILES string of the molecule is Cc1nc2cccc(N)c2c(=O)n1[C@@H]1CCC(=O)NC1=O. The molecular weight excluding hydrogens is 272 g/mol. The molecule has 0 radical (unpaired) electrons. The molecule has 1 aliphatic rings. The molecule has 3 rings (SSSR count). The van der Waals surface area contributed by atoms with Crippen LogP contribution in [0.1, 0.15) is 24.7 Å². The lowest BCUT2D eigenvalue weighted by Crippen LogP contribution is -2.45. The molecule has 3 N–H and O–H groups in total. The van der Waals surface area contributed by atoms with Crippen LogP contribution in [0.3, 0.4) is 0 Å².